The molecule has 1 fully saturated rings. The summed E-state index contributed by atoms with van der Waals surface area (Å²) in [6.07, 6.45) is 3.01. The summed E-state index contributed by atoms with van der Waals surface area (Å²) in [6, 6.07) is 3.75. The number of pyridine rings is 1. The highest BCUT2D eigenvalue weighted by atomic mass is 16.5. The fraction of sp³-hybridized carbons (Fsp3) is 0.643. The summed E-state index contributed by atoms with van der Waals surface area (Å²) in [7, 11) is 0. The van der Waals surface area contributed by atoms with E-state index in [1.165, 1.54) is 0 Å². The molecule has 0 amide bonds. The molecule has 4 nitrogen and oxygen atoms in total. The average Bonchev–Trinajstić information content (AvgIpc) is 2.89. The van der Waals surface area contributed by atoms with Gasteiger partial charge in [-0.15, -0.1) is 0 Å². The van der Waals surface area contributed by atoms with E-state index in [9.17, 15) is 5.11 Å². The van der Waals surface area contributed by atoms with Crippen LogP contribution in [0.5, 0.6) is 5.88 Å². The first-order chi connectivity index (χ1) is 8.81. The summed E-state index contributed by atoms with van der Waals surface area (Å²) in [6.45, 7) is 4.40. The third-order valence-electron chi connectivity index (χ3n) is 3.09. The Morgan fingerprint density at radius 2 is 2.39 bits per heavy atom. The van der Waals surface area contributed by atoms with Crippen molar-refractivity contribution in [2.45, 2.75) is 32.8 Å². The van der Waals surface area contributed by atoms with Crippen molar-refractivity contribution in [3.8, 4) is 5.88 Å². The molecule has 0 saturated carbocycles. The minimum Gasteiger partial charge on any atom is -0.477 e. The van der Waals surface area contributed by atoms with Crippen LogP contribution in [-0.4, -0.2) is 29.9 Å². The molecule has 1 unspecified atom stereocenters. The monoisotopic (exact) mass is 251 g/mol. The topological polar surface area (TPSA) is 51.6 Å². The number of aromatic nitrogens is 1. The zero-order chi connectivity index (χ0) is 12.8. The van der Waals surface area contributed by atoms with Gasteiger partial charge in [0.05, 0.1) is 19.8 Å². The highest BCUT2D eigenvalue weighted by Crippen LogP contribution is 2.17. The fourth-order valence-electron chi connectivity index (χ4n) is 2.09. The van der Waals surface area contributed by atoms with Gasteiger partial charge in [-0.1, -0.05) is 13.3 Å². The zero-order valence-electron chi connectivity index (χ0n) is 10.9. The van der Waals surface area contributed by atoms with E-state index in [4.69, 9.17) is 9.47 Å². The van der Waals surface area contributed by atoms with Gasteiger partial charge in [-0.2, -0.15) is 0 Å². The van der Waals surface area contributed by atoms with E-state index in [0.717, 1.165) is 43.7 Å². The van der Waals surface area contributed by atoms with Crippen LogP contribution in [-0.2, 0) is 17.8 Å². The maximum Gasteiger partial charge on any atom is 0.213 e. The minimum absolute atomic E-state index is 0.0299. The van der Waals surface area contributed by atoms with Crippen molar-refractivity contribution < 1.29 is 14.6 Å². The van der Waals surface area contributed by atoms with E-state index in [1.807, 2.05) is 12.1 Å². The maximum atomic E-state index is 9.23. The first kappa shape index (κ1) is 13.3. The smallest absolute Gasteiger partial charge is 0.213 e. The Bertz CT molecular complexity index is 375. The molecular weight excluding hydrogens is 230 g/mol. The predicted octanol–water partition coefficient (Wildman–Crippen LogP) is 1.94. The van der Waals surface area contributed by atoms with Crippen LogP contribution < -0.4 is 4.74 Å². The number of aliphatic hydroxyl groups excluding tert-OH is 1. The fourth-order valence-corrected chi connectivity index (χ4v) is 2.09. The van der Waals surface area contributed by atoms with Gasteiger partial charge in [-0.05, 0) is 24.5 Å². The Morgan fingerprint density at radius 1 is 1.50 bits per heavy atom. The molecule has 0 radical (unpaired) electrons. The lowest BCUT2D eigenvalue weighted by Crippen LogP contribution is -2.12. The first-order valence-corrected chi connectivity index (χ1v) is 6.63. The van der Waals surface area contributed by atoms with E-state index in [2.05, 4.69) is 11.9 Å². The van der Waals surface area contributed by atoms with Crippen molar-refractivity contribution in [2.24, 2.45) is 5.92 Å². The van der Waals surface area contributed by atoms with Crippen LogP contribution in [0.1, 0.15) is 31.0 Å². The zero-order valence-corrected chi connectivity index (χ0v) is 10.9. The molecular formula is C14H21NO3. The largest absolute Gasteiger partial charge is 0.477 e. The normalized spacial score (nSPS) is 19.1. The third kappa shape index (κ3) is 3.68. The number of hydrogen-bond acceptors (Lipinski definition) is 4. The molecule has 1 aromatic heterocycles. The van der Waals surface area contributed by atoms with Crippen LogP contribution in [0.3, 0.4) is 0 Å². The average molecular weight is 251 g/mol. The molecule has 1 saturated heterocycles. The number of aliphatic hydroxyl groups is 1. The van der Waals surface area contributed by atoms with Crippen LogP contribution in [0.2, 0.25) is 0 Å². The lowest BCUT2D eigenvalue weighted by Gasteiger charge is -2.11. The lowest BCUT2D eigenvalue weighted by molar-refractivity contribution is 0.165. The quantitative estimate of drug-likeness (QED) is 0.839. The molecule has 2 rings (SSSR count). The number of rotatable bonds is 6. The van der Waals surface area contributed by atoms with Gasteiger partial charge in [-0.25, -0.2) is 4.98 Å². The molecule has 1 aromatic rings. The van der Waals surface area contributed by atoms with Crippen molar-refractivity contribution in [3.05, 3.63) is 23.4 Å². The molecule has 2 heterocycles. The van der Waals surface area contributed by atoms with E-state index in [-0.39, 0.29) is 6.61 Å². The number of ether oxygens (including phenoxy) is 2. The second kappa shape index (κ2) is 6.71. The van der Waals surface area contributed by atoms with E-state index in [1.54, 1.807) is 0 Å². The van der Waals surface area contributed by atoms with E-state index < -0.39 is 0 Å². The van der Waals surface area contributed by atoms with Crippen LogP contribution in [0.4, 0.5) is 0 Å². The Hall–Kier alpha value is -1.13. The molecule has 1 aliphatic heterocycles. The Balaban J connectivity index is 1.98. The number of hydrogen-bond donors (Lipinski definition) is 1. The van der Waals surface area contributed by atoms with E-state index in [0.29, 0.717) is 18.4 Å². The Labute approximate surface area is 108 Å². The molecule has 1 atom stereocenters. The summed E-state index contributed by atoms with van der Waals surface area (Å²) in [5.74, 6) is 1.09. The molecule has 4 heteroatoms. The van der Waals surface area contributed by atoms with E-state index >= 15 is 0 Å². The summed E-state index contributed by atoms with van der Waals surface area (Å²) in [5.41, 5.74) is 1.85. The molecule has 1 N–H and O–H groups in total. The number of nitrogens with zero attached hydrogens (tertiary/aromatic N) is 1. The van der Waals surface area contributed by atoms with Gasteiger partial charge in [0.15, 0.2) is 0 Å². The summed E-state index contributed by atoms with van der Waals surface area (Å²) in [4.78, 5) is 4.46. The second-order valence-corrected chi connectivity index (χ2v) is 4.75. The minimum atomic E-state index is 0.0299. The molecule has 18 heavy (non-hydrogen) atoms. The van der Waals surface area contributed by atoms with Crippen molar-refractivity contribution in [2.75, 3.05) is 19.8 Å². The Kier molecular flexibility index (Phi) is 4.96. The second-order valence-electron chi connectivity index (χ2n) is 4.75. The summed E-state index contributed by atoms with van der Waals surface area (Å²) < 4.78 is 11.0. The van der Waals surface area contributed by atoms with Gasteiger partial charge in [0, 0.05) is 24.3 Å². The molecule has 0 bridgehead atoms. The van der Waals surface area contributed by atoms with Crippen molar-refractivity contribution >= 4 is 0 Å². The third-order valence-corrected chi connectivity index (χ3v) is 3.09. The van der Waals surface area contributed by atoms with Gasteiger partial charge in [-0.3, -0.25) is 0 Å². The summed E-state index contributed by atoms with van der Waals surface area (Å²) >= 11 is 0. The molecule has 0 aromatic carbocycles. The molecule has 1 aliphatic rings. The SMILES string of the molecule is CCCc1cc(CO)cc(OCC2CCOC2)n1. The standard InChI is InChI=1S/C14H21NO3/c1-2-3-13-6-12(8-16)7-14(15-13)18-10-11-4-5-17-9-11/h6-7,11,16H,2-5,8-10H2,1H3. The van der Waals surface area contributed by atoms with Gasteiger partial charge in [0.25, 0.3) is 0 Å². The van der Waals surface area contributed by atoms with Gasteiger partial charge in [0.2, 0.25) is 5.88 Å². The van der Waals surface area contributed by atoms with Gasteiger partial charge >= 0.3 is 0 Å². The highest BCUT2D eigenvalue weighted by Gasteiger charge is 2.16. The van der Waals surface area contributed by atoms with Crippen molar-refractivity contribution in [1.82, 2.24) is 4.98 Å². The van der Waals surface area contributed by atoms with Crippen LogP contribution in [0, 0.1) is 5.92 Å². The van der Waals surface area contributed by atoms with Gasteiger partial charge in [0.1, 0.15) is 0 Å². The first-order valence-electron chi connectivity index (χ1n) is 6.63. The summed E-state index contributed by atoms with van der Waals surface area (Å²) in [5, 5.41) is 9.23. The molecule has 0 spiro atoms. The number of aryl methyl sites for hydroxylation is 1. The van der Waals surface area contributed by atoms with Crippen LogP contribution in [0.15, 0.2) is 12.1 Å². The van der Waals surface area contributed by atoms with Crippen molar-refractivity contribution in [1.29, 1.82) is 0 Å². The van der Waals surface area contributed by atoms with Crippen LogP contribution >= 0.6 is 0 Å². The lowest BCUT2D eigenvalue weighted by atomic mass is 10.1. The Morgan fingerprint density at radius 3 is 3.06 bits per heavy atom. The molecule has 0 aliphatic carbocycles. The highest BCUT2D eigenvalue weighted by molar-refractivity contribution is 5.24. The van der Waals surface area contributed by atoms with Crippen molar-refractivity contribution in [3.63, 3.8) is 0 Å². The maximum absolute atomic E-state index is 9.23. The van der Waals surface area contributed by atoms with Crippen LogP contribution in [0.25, 0.3) is 0 Å². The molecule has 100 valence electrons. The predicted molar refractivity (Wildman–Crippen MR) is 68.6 cm³/mol. The van der Waals surface area contributed by atoms with Gasteiger partial charge < -0.3 is 14.6 Å².